The van der Waals surface area contributed by atoms with Crippen molar-refractivity contribution < 1.29 is 9.53 Å². The molecule has 1 heterocycles. The molecule has 0 aromatic carbocycles. The maximum Gasteiger partial charge on any atom is 0.326 e. The smallest absolute Gasteiger partial charge is 0.326 e. The summed E-state index contributed by atoms with van der Waals surface area (Å²) >= 11 is 0. The molecular formula is C17H34N2O2. The highest BCUT2D eigenvalue weighted by atomic mass is 16.5. The van der Waals surface area contributed by atoms with Gasteiger partial charge < -0.3 is 15.0 Å². The van der Waals surface area contributed by atoms with Crippen LogP contribution in [0.3, 0.4) is 0 Å². The van der Waals surface area contributed by atoms with E-state index in [0.29, 0.717) is 12.6 Å². The predicted octanol–water partition coefficient (Wildman–Crippen LogP) is 2.96. The molecule has 1 aliphatic rings. The van der Waals surface area contributed by atoms with Crippen LogP contribution in [0.1, 0.15) is 66.2 Å². The van der Waals surface area contributed by atoms with Crippen LogP contribution in [0.4, 0.5) is 0 Å². The van der Waals surface area contributed by atoms with Gasteiger partial charge in [-0.2, -0.15) is 0 Å². The van der Waals surface area contributed by atoms with Gasteiger partial charge in [0, 0.05) is 12.6 Å². The van der Waals surface area contributed by atoms with E-state index in [0.717, 1.165) is 32.5 Å². The van der Waals surface area contributed by atoms with E-state index in [1.165, 1.54) is 25.7 Å². The Hall–Kier alpha value is -0.610. The Morgan fingerprint density at radius 1 is 1.33 bits per heavy atom. The molecule has 1 saturated heterocycles. The third-order valence-electron chi connectivity index (χ3n) is 4.58. The monoisotopic (exact) mass is 298 g/mol. The number of rotatable bonds is 8. The molecule has 124 valence electrons. The predicted molar refractivity (Wildman–Crippen MR) is 87.5 cm³/mol. The minimum absolute atomic E-state index is 0.110. The fourth-order valence-electron chi connectivity index (χ4n) is 2.99. The zero-order valence-electron chi connectivity index (χ0n) is 14.4. The van der Waals surface area contributed by atoms with Crippen molar-refractivity contribution in [1.82, 2.24) is 10.2 Å². The molecule has 0 bridgehead atoms. The summed E-state index contributed by atoms with van der Waals surface area (Å²) in [5.74, 6) is -0.110. The van der Waals surface area contributed by atoms with E-state index in [1.54, 1.807) is 0 Å². The molecule has 1 aliphatic heterocycles. The molecule has 0 aromatic rings. The molecule has 1 rings (SSSR count). The minimum Gasteiger partial charge on any atom is -0.465 e. The first-order valence-electron chi connectivity index (χ1n) is 8.69. The van der Waals surface area contributed by atoms with Crippen molar-refractivity contribution in [2.45, 2.75) is 77.8 Å². The van der Waals surface area contributed by atoms with Crippen molar-refractivity contribution in [3.8, 4) is 0 Å². The van der Waals surface area contributed by atoms with Crippen LogP contribution >= 0.6 is 0 Å². The molecule has 2 atom stereocenters. The Bertz CT molecular complexity index is 309. The van der Waals surface area contributed by atoms with E-state index in [-0.39, 0.29) is 5.97 Å². The maximum atomic E-state index is 12.3. The zero-order chi connectivity index (χ0) is 15.7. The van der Waals surface area contributed by atoms with Gasteiger partial charge in [0.05, 0.1) is 6.61 Å². The van der Waals surface area contributed by atoms with Crippen LogP contribution in [-0.2, 0) is 9.53 Å². The lowest BCUT2D eigenvalue weighted by Gasteiger charge is -2.33. The van der Waals surface area contributed by atoms with Gasteiger partial charge in [-0.3, -0.25) is 4.79 Å². The number of carbonyl (C=O) groups excluding carboxylic acids is 1. The summed E-state index contributed by atoms with van der Waals surface area (Å²) in [5, 5.41) is 3.40. The van der Waals surface area contributed by atoms with Crippen LogP contribution in [-0.4, -0.2) is 48.7 Å². The van der Waals surface area contributed by atoms with E-state index in [2.05, 4.69) is 24.1 Å². The fraction of sp³-hybridized carbons (Fsp3) is 0.941. The number of likely N-dealkylation sites (tertiary alicyclic amines) is 1. The highest BCUT2D eigenvalue weighted by Crippen LogP contribution is 2.20. The van der Waals surface area contributed by atoms with Gasteiger partial charge in [0.25, 0.3) is 0 Å². The molecule has 4 nitrogen and oxygen atoms in total. The topological polar surface area (TPSA) is 41.6 Å². The second kappa shape index (κ2) is 9.42. The molecule has 0 aromatic heterocycles. The third-order valence-corrected chi connectivity index (χ3v) is 4.58. The van der Waals surface area contributed by atoms with Crippen LogP contribution in [0.25, 0.3) is 0 Å². The Labute approximate surface area is 130 Å². The average molecular weight is 298 g/mol. The van der Waals surface area contributed by atoms with Crippen molar-refractivity contribution in [1.29, 1.82) is 0 Å². The molecule has 4 heteroatoms. The van der Waals surface area contributed by atoms with E-state index >= 15 is 0 Å². The number of hydrogen-bond donors (Lipinski definition) is 1. The molecule has 0 amide bonds. The van der Waals surface area contributed by atoms with Crippen LogP contribution in [0.15, 0.2) is 0 Å². The average Bonchev–Trinajstić information content (AvgIpc) is 2.68. The molecule has 0 aliphatic carbocycles. The van der Waals surface area contributed by atoms with Gasteiger partial charge in [-0.25, -0.2) is 0 Å². The summed E-state index contributed by atoms with van der Waals surface area (Å²) < 4.78 is 5.28. The summed E-state index contributed by atoms with van der Waals surface area (Å²) in [7, 11) is 0. The van der Waals surface area contributed by atoms with Gasteiger partial charge in [-0.15, -0.1) is 0 Å². The summed E-state index contributed by atoms with van der Waals surface area (Å²) in [6.45, 7) is 11.7. The molecule has 21 heavy (non-hydrogen) atoms. The van der Waals surface area contributed by atoms with E-state index < -0.39 is 5.54 Å². The number of nitrogens with zero attached hydrogens (tertiary/aromatic N) is 1. The first-order chi connectivity index (χ1) is 10.0. The lowest BCUT2D eigenvalue weighted by molar-refractivity contribution is -0.151. The van der Waals surface area contributed by atoms with Crippen molar-refractivity contribution in [2.75, 3.05) is 26.2 Å². The van der Waals surface area contributed by atoms with Gasteiger partial charge in [0.15, 0.2) is 0 Å². The van der Waals surface area contributed by atoms with Crippen molar-refractivity contribution in [2.24, 2.45) is 0 Å². The lowest BCUT2D eigenvalue weighted by atomic mass is 9.96. The maximum absolute atomic E-state index is 12.3. The number of esters is 1. The Morgan fingerprint density at radius 3 is 2.76 bits per heavy atom. The van der Waals surface area contributed by atoms with Gasteiger partial charge in [0.1, 0.15) is 5.54 Å². The zero-order valence-corrected chi connectivity index (χ0v) is 14.4. The van der Waals surface area contributed by atoms with Crippen LogP contribution in [0.5, 0.6) is 0 Å². The Balaban J connectivity index is 2.60. The number of carbonyl (C=O) groups is 1. The van der Waals surface area contributed by atoms with E-state index in [9.17, 15) is 4.79 Å². The van der Waals surface area contributed by atoms with Crippen LogP contribution < -0.4 is 5.32 Å². The quantitative estimate of drug-likeness (QED) is 0.700. The summed E-state index contributed by atoms with van der Waals surface area (Å²) in [4.78, 5) is 14.8. The van der Waals surface area contributed by atoms with Crippen molar-refractivity contribution in [3.63, 3.8) is 0 Å². The number of hydrogen-bond acceptors (Lipinski definition) is 4. The summed E-state index contributed by atoms with van der Waals surface area (Å²) in [5.41, 5.74) is -0.557. The third kappa shape index (κ3) is 5.95. The molecular weight excluding hydrogens is 264 g/mol. The largest absolute Gasteiger partial charge is 0.465 e. The first-order valence-corrected chi connectivity index (χ1v) is 8.69. The number of nitrogens with one attached hydrogen (secondary N) is 1. The Kier molecular flexibility index (Phi) is 8.27. The first kappa shape index (κ1) is 18.4. The van der Waals surface area contributed by atoms with Gasteiger partial charge >= 0.3 is 5.97 Å². The second-order valence-corrected chi connectivity index (χ2v) is 6.46. The standard InChI is InChI=1S/C17H34N2O2/c1-5-12-18-17(4,16(20)21-6-2)11-14-19-13-9-7-8-10-15(19)3/h15,18H,5-14H2,1-4H3. The molecule has 0 radical (unpaired) electrons. The van der Waals surface area contributed by atoms with Crippen molar-refractivity contribution >= 4 is 5.97 Å². The second-order valence-electron chi connectivity index (χ2n) is 6.46. The molecule has 0 saturated carbocycles. The lowest BCUT2D eigenvalue weighted by Crippen LogP contribution is -2.53. The molecule has 2 unspecified atom stereocenters. The van der Waals surface area contributed by atoms with Gasteiger partial charge in [0.2, 0.25) is 0 Å². The Morgan fingerprint density at radius 2 is 2.10 bits per heavy atom. The summed E-state index contributed by atoms with van der Waals surface area (Å²) in [6, 6.07) is 0.630. The molecule has 0 spiro atoms. The van der Waals surface area contributed by atoms with E-state index in [1.807, 2.05) is 13.8 Å². The van der Waals surface area contributed by atoms with Crippen LogP contribution in [0.2, 0.25) is 0 Å². The normalized spacial score (nSPS) is 23.3. The fourth-order valence-corrected chi connectivity index (χ4v) is 2.99. The molecule has 1 fully saturated rings. The SMILES string of the molecule is CCCNC(C)(CCN1CCCCCC1C)C(=O)OCC. The number of ether oxygens (including phenoxy) is 1. The summed E-state index contributed by atoms with van der Waals surface area (Å²) in [6.07, 6.45) is 7.07. The van der Waals surface area contributed by atoms with Gasteiger partial charge in [-0.1, -0.05) is 19.8 Å². The highest BCUT2D eigenvalue weighted by molar-refractivity contribution is 5.80. The minimum atomic E-state index is -0.557. The highest BCUT2D eigenvalue weighted by Gasteiger charge is 2.34. The van der Waals surface area contributed by atoms with Crippen molar-refractivity contribution in [3.05, 3.63) is 0 Å². The van der Waals surface area contributed by atoms with E-state index in [4.69, 9.17) is 4.74 Å². The van der Waals surface area contributed by atoms with Gasteiger partial charge in [-0.05, 0) is 59.5 Å². The molecule has 1 N–H and O–H groups in total. The van der Waals surface area contributed by atoms with Crippen LogP contribution in [0, 0.1) is 0 Å².